The van der Waals surface area contributed by atoms with E-state index in [4.69, 9.17) is 5.11 Å². The number of anilines is 1. The Labute approximate surface area is 120 Å². The zero-order chi connectivity index (χ0) is 14.8. The molecule has 6 nitrogen and oxygen atoms in total. The van der Waals surface area contributed by atoms with E-state index in [0.717, 1.165) is 0 Å². The topological polar surface area (TPSA) is 66.5 Å². The van der Waals surface area contributed by atoms with Crippen LogP contribution >= 0.6 is 0 Å². The van der Waals surface area contributed by atoms with E-state index in [1.807, 2.05) is 7.05 Å². The molecular formula is C14H14FN5O. The molecule has 21 heavy (non-hydrogen) atoms. The van der Waals surface area contributed by atoms with Crippen LogP contribution in [0.15, 0.2) is 36.4 Å². The molecule has 3 aromatic rings. The molecule has 3 rings (SSSR count). The fourth-order valence-corrected chi connectivity index (χ4v) is 2.06. The molecule has 0 amide bonds. The molecule has 0 aliphatic rings. The van der Waals surface area contributed by atoms with E-state index in [-0.39, 0.29) is 12.4 Å². The Balaban J connectivity index is 2.12. The average molecular weight is 287 g/mol. The van der Waals surface area contributed by atoms with Gasteiger partial charge in [0.15, 0.2) is 11.5 Å². The minimum Gasteiger partial charge on any atom is -0.395 e. The quantitative estimate of drug-likeness (QED) is 0.785. The first kappa shape index (κ1) is 13.4. The van der Waals surface area contributed by atoms with Crippen LogP contribution in [0.1, 0.15) is 0 Å². The first-order valence-corrected chi connectivity index (χ1v) is 6.50. The highest BCUT2D eigenvalue weighted by molar-refractivity contribution is 5.60. The second-order valence-electron chi connectivity index (χ2n) is 4.61. The summed E-state index contributed by atoms with van der Waals surface area (Å²) in [5, 5.41) is 21.4. The molecule has 1 N–H and O–H groups in total. The first-order chi connectivity index (χ1) is 10.2. The maximum absolute atomic E-state index is 13.9. The number of halogens is 1. The van der Waals surface area contributed by atoms with Crippen molar-refractivity contribution < 1.29 is 9.50 Å². The zero-order valence-electron chi connectivity index (χ0n) is 11.4. The van der Waals surface area contributed by atoms with Crippen LogP contribution in [0.3, 0.4) is 0 Å². The highest BCUT2D eigenvalue weighted by atomic mass is 19.1. The summed E-state index contributed by atoms with van der Waals surface area (Å²) in [5.41, 5.74) is 0.883. The molecule has 108 valence electrons. The summed E-state index contributed by atoms with van der Waals surface area (Å²) in [6, 6.07) is 9.91. The number of likely N-dealkylation sites (N-methyl/N-ethyl adjacent to an activating group) is 1. The number of aliphatic hydroxyl groups excluding tert-OH is 1. The summed E-state index contributed by atoms with van der Waals surface area (Å²) in [7, 11) is 1.82. The smallest absolute Gasteiger partial charge is 0.188 e. The third-order valence-electron chi connectivity index (χ3n) is 3.19. The van der Waals surface area contributed by atoms with Crippen LogP contribution < -0.4 is 4.90 Å². The van der Waals surface area contributed by atoms with E-state index in [9.17, 15) is 4.39 Å². The van der Waals surface area contributed by atoms with Gasteiger partial charge in [-0.25, -0.2) is 4.39 Å². The maximum Gasteiger partial charge on any atom is 0.188 e. The molecule has 2 aromatic heterocycles. The number of aliphatic hydroxyl groups is 1. The van der Waals surface area contributed by atoms with Gasteiger partial charge in [0.05, 0.1) is 12.2 Å². The van der Waals surface area contributed by atoms with Gasteiger partial charge in [0, 0.05) is 13.6 Å². The Morgan fingerprint density at radius 3 is 2.76 bits per heavy atom. The van der Waals surface area contributed by atoms with E-state index < -0.39 is 0 Å². The van der Waals surface area contributed by atoms with Gasteiger partial charge in [-0.1, -0.05) is 12.1 Å². The molecule has 0 saturated carbocycles. The van der Waals surface area contributed by atoms with Gasteiger partial charge >= 0.3 is 0 Å². The van der Waals surface area contributed by atoms with Crippen molar-refractivity contribution in [3.05, 3.63) is 42.2 Å². The molecule has 0 bridgehead atoms. The van der Waals surface area contributed by atoms with E-state index in [2.05, 4.69) is 15.3 Å². The lowest BCUT2D eigenvalue weighted by molar-refractivity contribution is 0.303. The van der Waals surface area contributed by atoms with E-state index in [1.54, 1.807) is 35.2 Å². The number of hydrogen-bond acceptors (Lipinski definition) is 5. The van der Waals surface area contributed by atoms with Crippen LogP contribution in [0.25, 0.3) is 17.0 Å². The standard InChI is InChI=1S/C14H14FN5O/c1-19(8-9-21)13-7-6-12-16-17-14(20(12)18-13)10-4-2-3-5-11(10)15/h2-7,21H,8-9H2,1H3. The number of benzene rings is 1. The molecule has 0 radical (unpaired) electrons. The van der Waals surface area contributed by atoms with Crippen LogP contribution in [0, 0.1) is 5.82 Å². The second-order valence-corrected chi connectivity index (χ2v) is 4.61. The molecule has 0 saturated heterocycles. The molecule has 0 aliphatic heterocycles. The van der Waals surface area contributed by atoms with Crippen molar-refractivity contribution in [2.45, 2.75) is 0 Å². The summed E-state index contributed by atoms with van der Waals surface area (Å²) in [6.07, 6.45) is 0. The van der Waals surface area contributed by atoms with E-state index in [1.165, 1.54) is 10.6 Å². The summed E-state index contributed by atoms with van der Waals surface area (Å²) in [6.45, 7) is 0.480. The molecule has 0 fully saturated rings. The van der Waals surface area contributed by atoms with Crippen LogP contribution in [0.2, 0.25) is 0 Å². The molecular weight excluding hydrogens is 273 g/mol. The van der Waals surface area contributed by atoms with Crippen LogP contribution in [0.4, 0.5) is 10.2 Å². The first-order valence-electron chi connectivity index (χ1n) is 6.50. The lowest BCUT2D eigenvalue weighted by Gasteiger charge is -2.16. The van der Waals surface area contributed by atoms with Gasteiger partial charge < -0.3 is 10.0 Å². The van der Waals surface area contributed by atoms with Crippen molar-refractivity contribution in [2.24, 2.45) is 0 Å². The van der Waals surface area contributed by atoms with Crippen molar-refractivity contribution in [3.8, 4) is 11.4 Å². The van der Waals surface area contributed by atoms with Gasteiger partial charge in [0.1, 0.15) is 11.6 Å². The molecule has 7 heteroatoms. The monoisotopic (exact) mass is 287 g/mol. The van der Waals surface area contributed by atoms with E-state index >= 15 is 0 Å². The Morgan fingerprint density at radius 1 is 1.19 bits per heavy atom. The Bertz CT molecular complexity index is 773. The van der Waals surface area contributed by atoms with Gasteiger partial charge in [-0.05, 0) is 24.3 Å². The Kier molecular flexibility index (Phi) is 3.49. The van der Waals surface area contributed by atoms with Gasteiger partial charge in [0.2, 0.25) is 0 Å². The molecule has 0 spiro atoms. The van der Waals surface area contributed by atoms with Crippen molar-refractivity contribution in [2.75, 3.05) is 25.1 Å². The Morgan fingerprint density at radius 2 is 2.00 bits per heavy atom. The molecule has 0 unspecified atom stereocenters. The molecule has 0 atom stereocenters. The molecule has 2 heterocycles. The fraction of sp³-hybridized carbons (Fsp3) is 0.214. The van der Waals surface area contributed by atoms with Crippen molar-refractivity contribution >= 4 is 11.5 Å². The predicted molar refractivity (Wildman–Crippen MR) is 76.5 cm³/mol. The summed E-state index contributed by atoms with van der Waals surface area (Å²) >= 11 is 0. The van der Waals surface area contributed by atoms with Crippen molar-refractivity contribution in [1.82, 2.24) is 19.8 Å². The highest BCUT2D eigenvalue weighted by Crippen LogP contribution is 2.21. The van der Waals surface area contributed by atoms with Crippen LogP contribution in [0.5, 0.6) is 0 Å². The van der Waals surface area contributed by atoms with Crippen molar-refractivity contribution in [3.63, 3.8) is 0 Å². The second kappa shape index (κ2) is 5.45. The van der Waals surface area contributed by atoms with Crippen LogP contribution in [-0.2, 0) is 0 Å². The predicted octanol–water partition coefficient (Wildman–Crippen LogP) is 1.36. The zero-order valence-corrected chi connectivity index (χ0v) is 11.4. The number of fused-ring (bicyclic) bond motifs is 1. The third kappa shape index (κ3) is 2.43. The minimum absolute atomic E-state index is 0.0264. The van der Waals surface area contributed by atoms with Gasteiger partial charge in [-0.3, -0.25) is 0 Å². The minimum atomic E-state index is -0.372. The number of hydrogen-bond donors (Lipinski definition) is 1. The molecule has 1 aromatic carbocycles. The van der Waals surface area contributed by atoms with Crippen LogP contribution in [-0.4, -0.2) is 45.1 Å². The number of aromatic nitrogens is 4. The highest BCUT2D eigenvalue weighted by Gasteiger charge is 2.14. The maximum atomic E-state index is 13.9. The summed E-state index contributed by atoms with van der Waals surface area (Å²) in [5.74, 6) is 0.624. The number of rotatable bonds is 4. The fourth-order valence-electron chi connectivity index (χ4n) is 2.06. The van der Waals surface area contributed by atoms with Crippen molar-refractivity contribution in [1.29, 1.82) is 0 Å². The van der Waals surface area contributed by atoms with E-state index in [0.29, 0.717) is 29.4 Å². The third-order valence-corrected chi connectivity index (χ3v) is 3.19. The Hall–Kier alpha value is -2.54. The SMILES string of the molecule is CN(CCO)c1ccc2nnc(-c3ccccc3F)n2n1. The van der Waals surface area contributed by atoms with Gasteiger partial charge in [-0.15, -0.1) is 15.3 Å². The molecule has 0 aliphatic carbocycles. The van der Waals surface area contributed by atoms with Gasteiger partial charge in [-0.2, -0.15) is 4.52 Å². The normalized spacial score (nSPS) is 11.0. The lowest BCUT2D eigenvalue weighted by atomic mass is 10.2. The summed E-state index contributed by atoms with van der Waals surface area (Å²) in [4.78, 5) is 1.80. The summed E-state index contributed by atoms with van der Waals surface area (Å²) < 4.78 is 15.4. The lowest BCUT2D eigenvalue weighted by Crippen LogP contribution is -2.22. The van der Waals surface area contributed by atoms with Gasteiger partial charge in [0.25, 0.3) is 0 Å². The number of nitrogens with zero attached hydrogens (tertiary/aromatic N) is 5. The average Bonchev–Trinajstić information content (AvgIpc) is 2.91. The largest absolute Gasteiger partial charge is 0.395 e.